The molecule has 0 heterocycles. The molecule has 2 heteroatoms. The molecule has 1 aromatic rings. The SMILES string of the molecule is Cc1ccc(C(C)(N)CC2CC3CCC2C3)cc1F. The Morgan fingerprint density at radius 3 is 2.68 bits per heavy atom. The van der Waals surface area contributed by atoms with Gasteiger partial charge in [0.2, 0.25) is 0 Å². The molecular weight excluding hydrogens is 237 g/mol. The molecule has 0 amide bonds. The van der Waals surface area contributed by atoms with Gasteiger partial charge in [0, 0.05) is 5.54 Å². The predicted molar refractivity (Wildman–Crippen MR) is 76.2 cm³/mol. The molecule has 0 aromatic heterocycles. The second-order valence-corrected chi connectivity index (χ2v) is 7.02. The topological polar surface area (TPSA) is 26.0 Å². The number of nitrogens with two attached hydrogens (primary N) is 1. The minimum atomic E-state index is -0.399. The molecule has 0 aliphatic heterocycles. The fourth-order valence-corrected chi connectivity index (χ4v) is 4.24. The van der Waals surface area contributed by atoms with E-state index in [9.17, 15) is 4.39 Å². The molecule has 2 N–H and O–H groups in total. The average Bonchev–Trinajstić information content (AvgIpc) is 2.94. The molecule has 0 radical (unpaired) electrons. The maximum Gasteiger partial charge on any atom is 0.126 e. The van der Waals surface area contributed by atoms with Gasteiger partial charge in [-0.1, -0.05) is 18.6 Å². The van der Waals surface area contributed by atoms with Crippen LogP contribution in [0, 0.1) is 30.5 Å². The average molecular weight is 261 g/mol. The first-order valence-electron chi connectivity index (χ1n) is 7.51. The molecule has 1 nitrogen and oxygen atoms in total. The number of rotatable bonds is 3. The first-order chi connectivity index (χ1) is 8.95. The summed E-state index contributed by atoms with van der Waals surface area (Å²) in [5, 5.41) is 0. The fourth-order valence-electron chi connectivity index (χ4n) is 4.24. The summed E-state index contributed by atoms with van der Waals surface area (Å²) in [5.41, 5.74) is 7.74. The van der Waals surface area contributed by atoms with Crippen molar-refractivity contribution in [2.45, 2.75) is 51.5 Å². The first-order valence-corrected chi connectivity index (χ1v) is 7.51. The number of fused-ring (bicyclic) bond motifs is 2. The van der Waals surface area contributed by atoms with E-state index in [0.29, 0.717) is 5.56 Å². The van der Waals surface area contributed by atoms with Crippen LogP contribution in [-0.2, 0) is 5.54 Å². The van der Waals surface area contributed by atoms with E-state index in [2.05, 4.69) is 6.92 Å². The normalized spacial score (nSPS) is 32.5. The summed E-state index contributed by atoms with van der Waals surface area (Å²) in [6.45, 7) is 3.85. The third-order valence-electron chi connectivity index (χ3n) is 5.40. The molecule has 4 unspecified atom stereocenters. The largest absolute Gasteiger partial charge is 0.322 e. The van der Waals surface area contributed by atoms with E-state index in [4.69, 9.17) is 5.73 Å². The fraction of sp³-hybridized carbons (Fsp3) is 0.647. The van der Waals surface area contributed by atoms with E-state index in [1.165, 1.54) is 25.7 Å². The second kappa shape index (κ2) is 4.59. The molecule has 0 spiro atoms. The summed E-state index contributed by atoms with van der Waals surface area (Å²) in [6, 6.07) is 5.46. The van der Waals surface area contributed by atoms with Crippen LogP contribution >= 0.6 is 0 Å². The zero-order chi connectivity index (χ0) is 13.6. The third kappa shape index (κ3) is 2.43. The van der Waals surface area contributed by atoms with Crippen molar-refractivity contribution in [2.75, 3.05) is 0 Å². The van der Waals surface area contributed by atoms with Crippen molar-refractivity contribution in [3.8, 4) is 0 Å². The Morgan fingerprint density at radius 2 is 2.11 bits per heavy atom. The van der Waals surface area contributed by atoms with Gasteiger partial charge in [-0.25, -0.2) is 4.39 Å². The molecule has 19 heavy (non-hydrogen) atoms. The highest BCUT2D eigenvalue weighted by Gasteiger charge is 2.42. The van der Waals surface area contributed by atoms with Crippen LogP contribution in [0.4, 0.5) is 4.39 Å². The highest BCUT2D eigenvalue weighted by atomic mass is 19.1. The Labute approximate surface area is 115 Å². The molecule has 104 valence electrons. The predicted octanol–water partition coefficient (Wildman–Crippen LogP) is 4.13. The van der Waals surface area contributed by atoms with Crippen LogP contribution < -0.4 is 5.73 Å². The molecule has 0 saturated heterocycles. The van der Waals surface area contributed by atoms with E-state index in [-0.39, 0.29) is 5.82 Å². The van der Waals surface area contributed by atoms with Crippen molar-refractivity contribution in [3.05, 3.63) is 35.1 Å². The molecule has 4 atom stereocenters. The van der Waals surface area contributed by atoms with Crippen molar-refractivity contribution in [1.82, 2.24) is 0 Å². The number of hydrogen-bond donors (Lipinski definition) is 1. The maximum atomic E-state index is 13.7. The van der Waals surface area contributed by atoms with Crippen molar-refractivity contribution in [2.24, 2.45) is 23.5 Å². The van der Waals surface area contributed by atoms with E-state index >= 15 is 0 Å². The Morgan fingerprint density at radius 1 is 1.32 bits per heavy atom. The Kier molecular flexibility index (Phi) is 3.17. The standard InChI is InChI=1S/C17H24FN/c1-11-3-6-15(9-16(11)18)17(2,19)10-14-8-12-4-5-13(14)7-12/h3,6,9,12-14H,4-5,7-8,10,19H2,1-2H3. The van der Waals surface area contributed by atoms with E-state index in [0.717, 1.165) is 29.7 Å². The monoisotopic (exact) mass is 261 g/mol. The van der Waals surface area contributed by atoms with Gasteiger partial charge in [-0.15, -0.1) is 0 Å². The van der Waals surface area contributed by atoms with Crippen molar-refractivity contribution in [3.63, 3.8) is 0 Å². The molecule has 3 rings (SSSR count). The van der Waals surface area contributed by atoms with Crippen molar-refractivity contribution >= 4 is 0 Å². The quantitative estimate of drug-likeness (QED) is 0.869. The number of halogens is 1. The van der Waals surface area contributed by atoms with E-state index in [1.807, 2.05) is 12.1 Å². The molecule has 2 aliphatic rings. The highest BCUT2D eigenvalue weighted by molar-refractivity contribution is 5.28. The molecule has 2 aliphatic carbocycles. The van der Waals surface area contributed by atoms with Crippen LogP contribution in [0.2, 0.25) is 0 Å². The first kappa shape index (κ1) is 13.1. The van der Waals surface area contributed by atoms with Crippen LogP contribution in [0.3, 0.4) is 0 Å². The molecule has 2 bridgehead atoms. The van der Waals surface area contributed by atoms with Gasteiger partial charge >= 0.3 is 0 Å². The number of aryl methyl sites for hydroxylation is 1. The molecular formula is C17H24FN. The lowest BCUT2D eigenvalue weighted by Crippen LogP contribution is -2.36. The van der Waals surface area contributed by atoms with E-state index in [1.54, 1.807) is 13.0 Å². The van der Waals surface area contributed by atoms with Gasteiger partial charge in [-0.3, -0.25) is 0 Å². The minimum absolute atomic E-state index is 0.137. The van der Waals surface area contributed by atoms with Crippen LogP contribution in [-0.4, -0.2) is 0 Å². The molecule has 1 aromatic carbocycles. The van der Waals surface area contributed by atoms with E-state index < -0.39 is 5.54 Å². The smallest absolute Gasteiger partial charge is 0.126 e. The van der Waals surface area contributed by atoms with Crippen molar-refractivity contribution in [1.29, 1.82) is 0 Å². The lowest BCUT2D eigenvalue weighted by molar-refractivity contribution is 0.253. The van der Waals surface area contributed by atoms with Gasteiger partial charge < -0.3 is 5.73 Å². The highest BCUT2D eigenvalue weighted by Crippen LogP contribution is 2.51. The summed E-state index contributed by atoms with van der Waals surface area (Å²) in [4.78, 5) is 0. The summed E-state index contributed by atoms with van der Waals surface area (Å²) < 4.78 is 13.7. The lowest BCUT2D eigenvalue weighted by atomic mass is 9.77. The van der Waals surface area contributed by atoms with Crippen LogP contribution in [0.5, 0.6) is 0 Å². The Hall–Kier alpha value is -0.890. The van der Waals surface area contributed by atoms with Gasteiger partial charge in [-0.05, 0) is 74.5 Å². The van der Waals surface area contributed by atoms with Crippen LogP contribution in [0.15, 0.2) is 18.2 Å². The number of hydrogen-bond acceptors (Lipinski definition) is 1. The summed E-state index contributed by atoms with van der Waals surface area (Å²) in [7, 11) is 0. The lowest BCUT2D eigenvalue weighted by Gasteiger charge is -2.32. The van der Waals surface area contributed by atoms with Gasteiger partial charge in [0.15, 0.2) is 0 Å². The Bertz CT molecular complexity index is 480. The molecule has 2 saturated carbocycles. The zero-order valence-corrected chi connectivity index (χ0v) is 12.0. The minimum Gasteiger partial charge on any atom is -0.322 e. The summed E-state index contributed by atoms with van der Waals surface area (Å²) in [5.74, 6) is 2.43. The van der Waals surface area contributed by atoms with Crippen LogP contribution in [0.1, 0.15) is 50.2 Å². The second-order valence-electron chi connectivity index (χ2n) is 7.02. The van der Waals surface area contributed by atoms with Gasteiger partial charge in [0.1, 0.15) is 5.82 Å². The van der Waals surface area contributed by atoms with Gasteiger partial charge in [0.05, 0.1) is 0 Å². The van der Waals surface area contributed by atoms with Crippen molar-refractivity contribution < 1.29 is 4.39 Å². The van der Waals surface area contributed by atoms with Gasteiger partial charge in [0.25, 0.3) is 0 Å². The maximum absolute atomic E-state index is 13.7. The summed E-state index contributed by atoms with van der Waals surface area (Å²) >= 11 is 0. The Balaban J connectivity index is 1.76. The van der Waals surface area contributed by atoms with Crippen LogP contribution in [0.25, 0.3) is 0 Å². The van der Waals surface area contributed by atoms with Gasteiger partial charge in [-0.2, -0.15) is 0 Å². The zero-order valence-electron chi connectivity index (χ0n) is 12.0. The molecule has 2 fully saturated rings. The summed E-state index contributed by atoms with van der Waals surface area (Å²) in [6.07, 6.45) is 6.54. The number of benzene rings is 1. The third-order valence-corrected chi connectivity index (χ3v) is 5.40.